The van der Waals surface area contributed by atoms with Crippen molar-refractivity contribution in [3.05, 3.63) is 30.0 Å². The molecule has 0 aliphatic heterocycles. The molecule has 0 spiro atoms. The first-order valence-electron chi connectivity index (χ1n) is 5.58. The van der Waals surface area contributed by atoms with Crippen LogP contribution in [0.2, 0.25) is 0 Å². The number of aromatic nitrogens is 3. The van der Waals surface area contributed by atoms with Crippen molar-refractivity contribution in [2.45, 2.75) is 32.6 Å². The zero-order valence-electron chi connectivity index (χ0n) is 9.14. The van der Waals surface area contributed by atoms with E-state index < -0.39 is 0 Å². The molecule has 1 aliphatic rings. The second kappa shape index (κ2) is 3.05. The highest BCUT2D eigenvalue weighted by Gasteiger charge is 2.27. The normalized spacial score (nSPS) is 25.5. The van der Waals surface area contributed by atoms with Gasteiger partial charge in [0.2, 0.25) is 0 Å². The van der Waals surface area contributed by atoms with Gasteiger partial charge in [0.05, 0.1) is 11.9 Å². The second-order valence-corrected chi connectivity index (χ2v) is 4.55. The number of hydrogen-bond donors (Lipinski definition) is 0. The molecule has 2 aromatic heterocycles. The zero-order chi connectivity index (χ0) is 10.4. The van der Waals surface area contributed by atoms with Crippen molar-refractivity contribution in [1.82, 2.24) is 14.4 Å². The Morgan fingerprint density at radius 3 is 3.13 bits per heavy atom. The van der Waals surface area contributed by atoms with Gasteiger partial charge in [0.15, 0.2) is 5.65 Å². The van der Waals surface area contributed by atoms with E-state index in [9.17, 15) is 0 Å². The zero-order valence-corrected chi connectivity index (χ0v) is 9.14. The van der Waals surface area contributed by atoms with E-state index in [1.165, 1.54) is 17.8 Å². The van der Waals surface area contributed by atoms with Crippen LogP contribution in [0.15, 0.2) is 18.6 Å². The fraction of sp³-hybridized carbons (Fsp3) is 0.500. The summed E-state index contributed by atoms with van der Waals surface area (Å²) in [6, 6.07) is 0. The lowest BCUT2D eigenvalue weighted by Crippen LogP contribution is -2.16. The second-order valence-electron chi connectivity index (χ2n) is 4.55. The van der Waals surface area contributed by atoms with Crippen molar-refractivity contribution >= 4 is 5.65 Å². The Hall–Kier alpha value is -1.38. The molecule has 0 amide bonds. The van der Waals surface area contributed by atoms with Crippen LogP contribution in [0.4, 0.5) is 0 Å². The van der Waals surface area contributed by atoms with Gasteiger partial charge in [-0.1, -0.05) is 13.8 Å². The summed E-state index contributed by atoms with van der Waals surface area (Å²) < 4.78 is 2.19. The maximum atomic E-state index is 4.69. The molecule has 0 bridgehead atoms. The smallest absolute Gasteiger partial charge is 0.155 e. The van der Waals surface area contributed by atoms with Crippen LogP contribution in [-0.4, -0.2) is 14.4 Å². The molecule has 2 unspecified atom stereocenters. The standard InChI is InChI=1S/C12H15N3/c1-8-3-4-10-12(9(8)2)14-11-7-13-5-6-15(10)11/h5-9H,3-4H2,1-2H3. The molecule has 3 heteroatoms. The maximum Gasteiger partial charge on any atom is 0.155 e. The van der Waals surface area contributed by atoms with E-state index in [2.05, 4.69) is 28.2 Å². The topological polar surface area (TPSA) is 30.2 Å². The summed E-state index contributed by atoms with van der Waals surface area (Å²) in [6.45, 7) is 4.60. The van der Waals surface area contributed by atoms with Crippen molar-refractivity contribution in [2.75, 3.05) is 0 Å². The Kier molecular flexibility index (Phi) is 1.81. The quantitative estimate of drug-likeness (QED) is 0.655. The fourth-order valence-corrected chi connectivity index (χ4v) is 2.47. The maximum absolute atomic E-state index is 4.69. The van der Waals surface area contributed by atoms with Gasteiger partial charge in [0.25, 0.3) is 0 Å². The number of rotatable bonds is 0. The molecule has 0 saturated carbocycles. The molecule has 3 rings (SSSR count). The number of fused-ring (bicyclic) bond motifs is 3. The van der Waals surface area contributed by atoms with Crippen LogP contribution in [-0.2, 0) is 6.42 Å². The first kappa shape index (κ1) is 8.89. The van der Waals surface area contributed by atoms with E-state index in [0.29, 0.717) is 5.92 Å². The van der Waals surface area contributed by atoms with Gasteiger partial charge in [0, 0.05) is 24.0 Å². The summed E-state index contributed by atoms with van der Waals surface area (Å²) >= 11 is 0. The van der Waals surface area contributed by atoms with E-state index in [-0.39, 0.29) is 0 Å². The summed E-state index contributed by atoms with van der Waals surface area (Å²) in [5, 5.41) is 0. The van der Waals surface area contributed by atoms with Crippen molar-refractivity contribution in [3.63, 3.8) is 0 Å². The van der Waals surface area contributed by atoms with E-state index in [4.69, 9.17) is 0 Å². The molecule has 0 aromatic carbocycles. The number of hydrogen-bond acceptors (Lipinski definition) is 2. The highest BCUT2D eigenvalue weighted by atomic mass is 15.0. The average Bonchev–Trinajstić information content (AvgIpc) is 2.63. The van der Waals surface area contributed by atoms with E-state index in [1.54, 1.807) is 0 Å². The van der Waals surface area contributed by atoms with Gasteiger partial charge in [-0.15, -0.1) is 0 Å². The van der Waals surface area contributed by atoms with Crippen LogP contribution in [0.3, 0.4) is 0 Å². The van der Waals surface area contributed by atoms with Gasteiger partial charge in [-0.05, 0) is 18.8 Å². The minimum atomic E-state index is 0.577. The molecule has 15 heavy (non-hydrogen) atoms. The summed E-state index contributed by atoms with van der Waals surface area (Å²) in [5.74, 6) is 1.32. The van der Waals surface area contributed by atoms with Gasteiger partial charge < -0.3 is 4.40 Å². The fourth-order valence-electron chi connectivity index (χ4n) is 2.47. The SMILES string of the molecule is CC1CCc2c(nc3cnccn23)C1C. The average molecular weight is 201 g/mol. The largest absolute Gasteiger partial charge is 0.301 e. The number of imidazole rings is 1. The highest BCUT2D eigenvalue weighted by molar-refractivity contribution is 5.42. The lowest BCUT2D eigenvalue weighted by Gasteiger charge is -2.24. The number of nitrogens with zero attached hydrogens (tertiary/aromatic N) is 3. The first-order valence-corrected chi connectivity index (χ1v) is 5.58. The van der Waals surface area contributed by atoms with Gasteiger partial charge in [-0.3, -0.25) is 4.98 Å². The molecular weight excluding hydrogens is 186 g/mol. The van der Waals surface area contributed by atoms with Gasteiger partial charge in [-0.2, -0.15) is 0 Å². The van der Waals surface area contributed by atoms with Crippen LogP contribution in [0.1, 0.15) is 37.6 Å². The summed E-state index contributed by atoms with van der Waals surface area (Å²) in [4.78, 5) is 8.80. The van der Waals surface area contributed by atoms with Gasteiger partial charge >= 0.3 is 0 Å². The molecule has 3 nitrogen and oxygen atoms in total. The molecule has 0 radical (unpaired) electrons. The Labute approximate surface area is 89.2 Å². The minimum absolute atomic E-state index is 0.577. The third-order valence-electron chi connectivity index (χ3n) is 3.68. The van der Waals surface area contributed by atoms with E-state index in [0.717, 1.165) is 18.0 Å². The Morgan fingerprint density at radius 2 is 2.27 bits per heavy atom. The van der Waals surface area contributed by atoms with Gasteiger partial charge in [0.1, 0.15) is 0 Å². The van der Waals surface area contributed by atoms with Crippen molar-refractivity contribution in [1.29, 1.82) is 0 Å². The summed E-state index contributed by atoms with van der Waals surface area (Å²) in [5.41, 5.74) is 3.66. The van der Waals surface area contributed by atoms with Crippen molar-refractivity contribution in [2.24, 2.45) is 5.92 Å². The monoisotopic (exact) mass is 201 g/mol. The van der Waals surface area contributed by atoms with Crippen LogP contribution in [0.25, 0.3) is 5.65 Å². The molecular formula is C12H15N3. The van der Waals surface area contributed by atoms with E-state index >= 15 is 0 Å². The molecule has 78 valence electrons. The van der Waals surface area contributed by atoms with Crippen molar-refractivity contribution in [3.8, 4) is 0 Å². The molecule has 2 atom stereocenters. The predicted octanol–water partition coefficient (Wildman–Crippen LogP) is 2.42. The summed E-state index contributed by atoms with van der Waals surface area (Å²) in [7, 11) is 0. The third-order valence-corrected chi connectivity index (χ3v) is 3.68. The third kappa shape index (κ3) is 1.19. The highest BCUT2D eigenvalue weighted by Crippen LogP contribution is 2.35. The van der Waals surface area contributed by atoms with Gasteiger partial charge in [-0.25, -0.2) is 4.98 Å². The van der Waals surface area contributed by atoms with Crippen LogP contribution in [0, 0.1) is 5.92 Å². The van der Waals surface area contributed by atoms with Crippen molar-refractivity contribution < 1.29 is 0 Å². The Morgan fingerprint density at radius 1 is 1.40 bits per heavy atom. The molecule has 0 saturated heterocycles. The lowest BCUT2D eigenvalue weighted by molar-refractivity contribution is 0.415. The first-order chi connectivity index (χ1) is 7.27. The summed E-state index contributed by atoms with van der Waals surface area (Å²) in [6.07, 6.45) is 8.10. The molecule has 2 heterocycles. The Bertz CT molecular complexity index is 501. The lowest BCUT2D eigenvalue weighted by atomic mass is 9.82. The predicted molar refractivity (Wildman–Crippen MR) is 58.9 cm³/mol. The Balaban J connectivity index is 2.26. The minimum Gasteiger partial charge on any atom is -0.301 e. The molecule has 0 fully saturated rings. The van der Waals surface area contributed by atoms with E-state index in [1.807, 2.05) is 18.6 Å². The van der Waals surface area contributed by atoms with Crippen LogP contribution < -0.4 is 0 Å². The van der Waals surface area contributed by atoms with Crippen LogP contribution in [0.5, 0.6) is 0 Å². The molecule has 1 aliphatic carbocycles. The number of aryl methyl sites for hydroxylation is 1. The molecule has 0 N–H and O–H groups in total. The molecule has 2 aromatic rings. The van der Waals surface area contributed by atoms with Crippen LogP contribution >= 0.6 is 0 Å².